The summed E-state index contributed by atoms with van der Waals surface area (Å²) in [5, 5.41) is 6.96. The van der Waals surface area contributed by atoms with Gasteiger partial charge < -0.3 is 4.74 Å². The molecule has 146 valence electrons. The average Bonchev–Trinajstić information content (AvgIpc) is 3.27. The van der Waals surface area contributed by atoms with Crippen LogP contribution in [0.25, 0.3) is 5.13 Å². The Kier molecular flexibility index (Phi) is 5.94. The predicted octanol–water partition coefficient (Wildman–Crippen LogP) is 4.09. The van der Waals surface area contributed by atoms with E-state index >= 15 is 0 Å². The van der Waals surface area contributed by atoms with Crippen LogP contribution in [-0.4, -0.2) is 27.8 Å². The Morgan fingerprint density at radius 3 is 2.82 bits per heavy atom. The molecule has 2 heterocycles. The molecule has 1 aromatic carbocycles. The number of rotatable bonds is 6. The van der Waals surface area contributed by atoms with Gasteiger partial charge in [-0.15, -0.1) is 11.3 Å². The Morgan fingerprint density at radius 1 is 1.32 bits per heavy atom. The number of aryl methyl sites for hydroxylation is 2. The van der Waals surface area contributed by atoms with Crippen molar-refractivity contribution in [2.45, 2.75) is 40.7 Å². The van der Waals surface area contributed by atoms with Crippen LogP contribution in [0.4, 0.5) is 0 Å². The molecule has 0 saturated carbocycles. The number of thiazole rings is 1. The molecule has 3 aromatic rings. The molecule has 2 aromatic heterocycles. The van der Waals surface area contributed by atoms with E-state index < -0.39 is 6.10 Å². The van der Waals surface area contributed by atoms with Crippen molar-refractivity contribution >= 4 is 23.5 Å². The quantitative estimate of drug-likeness (QED) is 0.504. The maximum Gasteiger partial charge on any atom is 0.280 e. The van der Waals surface area contributed by atoms with Crippen molar-refractivity contribution in [3.63, 3.8) is 0 Å². The molecular weight excluding hydrogens is 372 g/mol. The molecule has 0 fully saturated rings. The van der Waals surface area contributed by atoms with Gasteiger partial charge in [0.15, 0.2) is 11.2 Å². The van der Waals surface area contributed by atoms with Gasteiger partial charge in [-0.1, -0.05) is 12.1 Å². The molecule has 3 rings (SSSR count). The van der Waals surface area contributed by atoms with Crippen molar-refractivity contribution in [1.82, 2.24) is 15.0 Å². The van der Waals surface area contributed by atoms with Crippen molar-refractivity contribution < 1.29 is 9.53 Å². The normalized spacial score (nSPS) is 12.3. The summed E-state index contributed by atoms with van der Waals surface area (Å²) in [6.45, 7) is 9.72. The second-order valence-corrected chi connectivity index (χ2v) is 7.54. The third-order valence-corrected chi connectivity index (χ3v) is 5.44. The van der Waals surface area contributed by atoms with Crippen LogP contribution >= 0.6 is 11.3 Å². The molecule has 1 amide bonds. The summed E-state index contributed by atoms with van der Waals surface area (Å²) in [6.07, 6.45) is 2.78. The molecule has 0 aliphatic heterocycles. The molecular formula is C21H24N4O2S. The van der Waals surface area contributed by atoms with Crippen LogP contribution in [0.15, 0.2) is 40.9 Å². The van der Waals surface area contributed by atoms with Crippen molar-refractivity contribution in [1.29, 1.82) is 0 Å². The Hall–Kier alpha value is -2.93. The third-order valence-electron chi connectivity index (χ3n) is 4.69. The monoisotopic (exact) mass is 396 g/mol. The van der Waals surface area contributed by atoms with E-state index in [0.29, 0.717) is 5.75 Å². The second kappa shape index (κ2) is 8.39. The minimum Gasteiger partial charge on any atom is -0.481 e. The third kappa shape index (κ3) is 4.14. The summed E-state index contributed by atoms with van der Waals surface area (Å²) in [4.78, 5) is 16.7. The smallest absolute Gasteiger partial charge is 0.280 e. The van der Waals surface area contributed by atoms with Crippen molar-refractivity contribution in [3.05, 3.63) is 63.9 Å². The van der Waals surface area contributed by atoms with E-state index in [0.717, 1.165) is 33.2 Å². The summed E-state index contributed by atoms with van der Waals surface area (Å²) in [5.41, 5.74) is 7.72. The number of hydrogen-bond acceptors (Lipinski definition) is 5. The van der Waals surface area contributed by atoms with Crippen LogP contribution in [0, 0.1) is 27.7 Å². The first kappa shape index (κ1) is 19.8. The van der Waals surface area contributed by atoms with E-state index in [2.05, 4.69) is 20.1 Å². The number of hydrazone groups is 1. The molecule has 0 aliphatic carbocycles. The molecule has 1 N–H and O–H groups in total. The maximum atomic E-state index is 12.3. The number of aromatic nitrogens is 2. The van der Waals surface area contributed by atoms with E-state index in [1.165, 1.54) is 0 Å². The highest BCUT2D eigenvalue weighted by molar-refractivity contribution is 7.12. The minimum atomic E-state index is -0.652. The van der Waals surface area contributed by atoms with Crippen LogP contribution in [0.2, 0.25) is 0 Å². The lowest BCUT2D eigenvalue weighted by atomic mass is 10.1. The topological polar surface area (TPSA) is 68.5 Å². The van der Waals surface area contributed by atoms with E-state index in [-0.39, 0.29) is 5.91 Å². The number of benzene rings is 1. The zero-order valence-electron chi connectivity index (χ0n) is 16.7. The van der Waals surface area contributed by atoms with Gasteiger partial charge in [0.2, 0.25) is 0 Å². The maximum absolute atomic E-state index is 12.3. The van der Waals surface area contributed by atoms with Crippen molar-refractivity contribution in [2.75, 3.05) is 0 Å². The molecule has 28 heavy (non-hydrogen) atoms. The molecule has 0 unspecified atom stereocenters. The molecule has 1 atom stereocenters. The van der Waals surface area contributed by atoms with Crippen LogP contribution in [0.5, 0.6) is 5.75 Å². The van der Waals surface area contributed by atoms with E-state index in [9.17, 15) is 4.79 Å². The summed E-state index contributed by atoms with van der Waals surface area (Å²) >= 11 is 1.57. The Balaban J connectivity index is 1.65. The van der Waals surface area contributed by atoms with Crippen LogP contribution in [-0.2, 0) is 4.79 Å². The Morgan fingerprint density at radius 2 is 2.11 bits per heavy atom. The van der Waals surface area contributed by atoms with E-state index in [1.54, 1.807) is 30.7 Å². The summed E-state index contributed by atoms with van der Waals surface area (Å²) < 4.78 is 7.86. The fourth-order valence-electron chi connectivity index (χ4n) is 2.89. The van der Waals surface area contributed by atoms with Gasteiger partial charge in [0.05, 0.1) is 6.21 Å². The highest BCUT2D eigenvalue weighted by Gasteiger charge is 2.16. The van der Waals surface area contributed by atoms with E-state index in [1.807, 2.05) is 57.3 Å². The zero-order valence-corrected chi connectivity index (χ0v) is 17.5. The van der Waals surface area contributed by atoms with Crippen LogP contribution in [0.3, 0.4) is 0 Å². The summed E-state index contributed by atoms with van der Waals surface area (Å²) in [5.74, 6) is 0.407. The molecule has 0 saturated heterocycles. The molecule has 0 radical (unpaired) electrons. The molecule has 0 aliphatic rings. The molecule has 0 spiro atoms. The SMILES string of the molecule is Cc1cccc(O[C@@H](C)C(=O)N/N=C\c2cc(C)n(-c3nccs3)c2C)c1C. The first-order valence-corrected chi connectivity index (χ1v) is 9.91. The Labute approximate surface area is 168 Å². The van der Waals surface area contributed by atoms with Crippen molar-refractivity contribution in [3.8, 4) is 10.9 Å². The second-order valence-electron chi connectivity index (χ2n) is 6.67. The first-order chi connectivity index (χ1) is 13.4. The van der Waals surface area contributed by atoms with Gasteiger partial charge in [-0.3, -0.25) is 9.36 Å². The zero-order chi connectivity index (χ0) is 20.3. The van der Waals surface area contributed by atoms with Gasteiger partial charge in [0.25, 0.3) is 5.91 Å². The minimum absolute atomic E-state index is 0.300. The molecule has 6 nitrogen and oxygen atoms in total. The first-order valence-electron chi connectivity index (χ1n) is 9.03. The molecule has 7 heteroatoms. The average molecular weight is 397 g/mol. The fraction of sp³-hybridized carbons (Fsp3) is 0.286. The number of amides is 1. The van der Waals surface area contributed by atoms with Gasteiger partial charge >= 0.3 is 0 Å². The lowest BCUT2D eigenvalue weighted by Crippen LogP contribution is -2.33. The van der Waals surface area contributed by atoms with Crippen LogP contribution in [0.1, 0.15) is 35.0 Å². The van der Waals surface area contributed by atoms with Gasteiger partial charge in [-0.05, 0) is 57.9 Å². The summed E-state index contributed by atoms with van der Waals surface area (Å²) in [7, 11) is 0. The lowest BCUT2D eigenvalue weighted by molar-refractivity contribution is -0.127. The lowest BCUT2D eigenvalue weighted by Gasteiger charge is -2.15. The van der Waals surface area contributed by atoms with Gasteiger partial charge in [-0.25, -0.2) is 10.4 Å². The standard InChI is InChI=1S/C21H24N4O2S/c1-13-7-6-8-19(15(13)3)27-17(5)20(26)24-23-12-18-11-14(2)25(16(18)4)21-22-9-10-28-21/h6-12,17H,1-5H3,(H,24,26)/b23-12-/t17-/m0/s1. The number of carbonyl (C=O) groups excluding carboxylic acids is 1. The summed E-state index contributed by atoms with van der Waals surface area (Å²) in [6, 6.07) is 7.81. The van der Waals surface area contributed by atoms with Gasteiger partial charge in [0.1, 0.15) is 5.75 Å². The van der Waals surface area contributed by atoms with Crippen LogP contribution < -0.4 is 10.2 Å². The fourth-order valence-corrected chi connectivity index (χ4v) is 3.64. The van der Waals surface area contributed by atoms with E-state index in [4.69, 9.17) is 4.74 Å². The molecule has 0 bridgehead atoms. The Bertz CT molecular complexity index is 1010. The van der Waals surface area contributed by atoms with Gasteiger partial charge in [-0.2, -0.15) is 5.10 Å². The highest BCUT2D eigenvalue weighted by Crippen LogP contribution is 2.22. The largest absolute Gasteiger partial charge is 0.481 e. The number of ether oxygens (including phenoxy) is 1. The van der Waals surface area contributed by atoms with Gasteiger partial charge in [0, 0.05) is 28.5 Å². The van der Waals surface area contributed by atoms with Crippen molar-refractivity contribution in [2.24, 2.45) is 5.10 Å². The predicted molar refractivity (Wildman–Crippen MR) is 113 cm³/mol. The number of hydrogen-bond donors (Lipinski definition) is 1. The number of nitrogens with one attached hydrogen (secondary N) is 1. The number of nitrogens with zero attached hydrogens (tertiary/aromatic N) is 3. The number of carbonyl (C=O) groups is 1. The highest BCUT2D eigenvalue weighted by atomic mass is 32.1.